The molecule has 102 valence electrons. The molecule has 2 aromatic rings. The summed E-state index contributed by atoms with van der Waals surface area (Å²) in [5.41, 5.74) is 4.13. The molecule has 0 aromatic heterocycles. The van der Waals surface area contributed by atoms with E-state index in [9.17, 15) is 10.1 Å². The Morgan fingerprint density at radius 1 is 1.15 bits per heavy atom. The molecular formula is C16H16N2O2. The summed E-state index contributed by atoms with van der Waals surface area (Å²) in [6, 6.07) is 14.8. The lowest BCUT2D eigenvalue weighted by Crippen LogP contribution is -2.38. The van der Waals surface area contributed by atoms with E-state index in [4.69, 9.17) is 0 Å². The minimum atomic E-state index is -0.632. The molecular weight excluding hydrogens is 252 g/mol. The highest BCUT2D eigenvalue weighted by Gasteiger charge is 2.37. The van der Waals surface area contributed by atoms with Crippen molar-refractivity contribution < 1.29 is 4.92 Å². The fraction of sp³-hybridized carbons (Fsp3) is 0.250. The topological polar surface area (TPSA) is 55.2 Å². The Kier molecular flexibility index (Phi) is 3.14. The molecule has 0 saturated heterocycles. The van der Waals surface area contributed by atoms with Crippen LogP contribution in [-0.4, -0.2) is 11.0 Å². The molecule has 1 aliphatic rings. The van der Waals surface area contributed by atoms with Crippen molar-refractivity contribution in [1.82, 2.24) is 0 Å². The van der Waals surface area contributed by atoms with E-state index in [-0.39, 0.29) is 11.0 Å². The fourth-order valence-corrected chi connectivity index (χ4v) is 2.72. The maximum absolute atomic E-state index is 11.4. The zero-order valence-corrected chi connectivity index (χ0v) is 11.2. The highest BCUT2D eigenvalue weighted by molar-refractivity contribution is 5.55. The normalized spacial score (nSPS) is 20.9. The number of benzene rings is 2. The van der Waals surface area contributed by atoms with Gasteiger partial charge in [-0.3, -0.25) is 10.1 Å². The molecule has 0 spiro atoms. The second-order valence-electron chi connectivity index (χ2n) is 5.25. The van der Waals surface area contributed by atoms with Gasteiger partial charge in [-0.2, -0.15) is 0 Å². The van der Waals surface area contributed by atoms with Gasteiger partial charge in [0.1, 0.15) is 6.04 Å². The summed E-state index contributed by atoms with van der Waals surface area (Å²) < 4.78 is 0. The van der Waals surface area contributed by atoms with E-state index in [0.717, 1.165) is 22.4 Å². The lowest BCUT2D eigenvalue weighted by molar-refractivity contribution is -0.525. The Morgan fingerprint density at radius 2 is 1.85 bits per heavy atom. The van der Waals surface area contributed by atoms with Crippen LogP contribution in [0.4, 0.5) is 5.69 Å². The second kappa shape index (κ2) is 4.96. The summed E-state index contributed by atoms with van der Waals surface area (Å²) in [7, 11) is 0. The summed E-state index contributed by atoms with van der Waals surface area (Å²) in [5, 5.41) is 14.7. The van der Waals surface area contributed by atoms with Gasteiger partial charge in [0.2, 0.25) is 6.04 Å². The molecule has 0 radical (unpaired) electrons. The van der Waals surface area contributed by atoms with Crippen LogP contribution >= 0.6 is 0 Å². The molecule has 0 bridgehead atoms. The van der Waals surface area contributed by atoms with Gasteiger partial charge in [-0.1, -0.05) is 48.0 Å². The van der Waals surface area contributed by atoms with Gasteiger partial charge in [0.15, 0.2) is 0 Å². The summed E-state index contributed by atoms with van der Waals surface area (Å²) >= 11 is 0. The largest absolute Gasteiger partial charge is 0.372 e. The smallest absolute Gasteiger partial charge is 0.241 e. The third-order valence-corrected chi connectivity index (χ3v) is 3.85. The number of nitrogens with zero attached hydrogens (tertiary/aromatic N) is 1. The van der Waals surface area contributed by atoms with Crippen molar-refractivity contribution in [3.8, 4) is 0 Å². The Bertz CT molecular complexity index is 637. The van der Waals surface area contributed by atoms with E-state index >= 15 is 0 Å². The van der Waals surface area contributed by atoms with Gasteiger partial charge < -0.3 is 5.32 Å². The number of rotatable bonds is 2. The lowest BCUT2D eigenvalue weighted by Gasteiger charge is -2.30. The molecule has 4 heteroatoms. The van der Waals surface area contributed by atoms with E-state index in [1.807, 2.05) is 55.5 Å². The van der Waals surface area contributed by atoms with Crippen LogP contribution in [0.25, 0.3) is 0 Å². The number of anilines is 1. The average molecular weight is 268 g/mol. The first-order valence-corrected chi connectivity index (χ1v) is 6.69. The maximum atomic E-state index is 11.4. The van der Waals surface area contributed by atoms with Gasteiger partial charge in [0.25, 0.3) is 0 Å². The Balaban J connectivity index is 2.00. The number of aryl methyl sites for hydroxylation is 1. The zero-order chi connectivity index (χ0) is 14.1. The van der Waals surface area contributed by atoms with Crippen molar-refractivity contribution in [2.75, 3.05) is 5.32 Å². The Morgan fingerprint density at radius 3 is 2.55 bits per heavy atom. The number of nitrogens with one attached hydrogen (secondary N) is 1. The van der Waals surface area contributed by atoms with Gasteiger partial charge >= 0.3 is 0 Å². The lowest BCUT2D eigenvalue weighted by atomic mass is 9.89. The summed E-state index contributed by atoms with van der Waals surface area (Å²) in [6.45, 7) is 2.01. The van der Waals surface area contributed by atoms with Crippen LogP contribution in [0.3, 0.4) is 0 Å². The first-order chi connectivity index (χ1) is 9.65. The minimum Gasteiger partial charge on any atom is -0.372 e. The number of fused-ring (bicyclic) bond motifs is 1. The second-order valence-corrected chi connectivity index (χ2v) is 5.25. The summed E-state index contributed by atoms with van der Waals surface area (Å²) in [4.78, 5) is 11.2. The molecule has 0 amide bonds. The van der Waals surface area contributed by atoms with Gasteiger partial charge in [0.05, 0.1) is 0 Å². The number of hydrogen-bond donors (Lipinski definition) is 1. The number of para-hydroxylation sites is 1. The quantitative estimate of drug-likeness (QED) is 0.671. The van der Waals surface area contributed by atoms with E-state index in [2.05, 4.69) is 5.32 Å². The van der Waals surface area contributed by atoms with Gasteiger partial charge in [0, 0.05) is 17.0 Å². The van der Waals surface area contributed by atoms with Crippen LogP contribution in [0, 0.1) is 17.0 Å². The fourth-order valence-electron chi connectivity index (χ4n) is 2.72. The SMILES string of the molecule is Cc1ccc([C@@H]2Nc3ccccc3C[C@@H]2[N+](=O)[O-])cc1. The van der Waals surface area contributed by atoms with Crippen LogP contribution in [-0.2, 0) is 6.42 Å². The number of nitro groups is 1. The van der Waals surface area contributed by atoms with Crippen LogP contribution in [0.2, 0.25) is 0 Å². The van der Waals surface area contributed by atoms with Crippen LogP contribution in [0.1, 0.15) is 22.7 Å². The summed E-state index contributed by atoms with van der Waals surface area (Å²) in [6.07, 6.45) is 0.467. The van der Waals surface area contributed by atoms with E-state index in [0.29, 0.717) is 6.42 Å². The van der Waals surface area contributed by atoms with Crippen molar-refractivity contribution in [3.63, 3.8) is 0 Å². The molecule has 0 unspecified atom stereocenters. The molecule has 4 nitrogen and oxygen atoms in total. The minimum absolute atomic E-state index is 0.173. The molecule has 20 heavy (non-hydrogen) atoms. The molecule has 0 fully saturated rings. The van der Waals surface area contributed by atoms with Crippen molar-refractivity contribution in [1.29, 1.82) is 0 Å². The summed E-state index contributed by atoms with van der Waals surface area (Å²) in [5.74, 6) is 0. The monoisotopic (exact) mass is 268 g/mol. The predicted octanol–water partition coefficient (Wildman–Crippen LogP) is 3.35. The molecule has 2 atom stereocenters. The van der Waals surface area contributed by atoms with E-state index < -0.39 is 6.04 Å². The predicted molar refractivity (Wildman–Crippen MR) is 78.5 cm³/mol. The van der Waals surface area contributed by atoms with Crippen molar-refractivity contribution in [3.05, 3.63) is 75.3 Å². The third-order valence-electron chi connectivity index (χ3n) is 3.85. The maximum Gasteiger partial charge on any atom is 0.241 e. The van der Waals surface area contributed by atoms with Gasteiger partial charge in [-0.05, 0) is 24.1 Å². The van der Waals surface area contributed by atoms with Crippen molar-refractivity contribution in [2.45, 2.75) is 25.4 Å². The highest BCUT2D eigenvalue weighted by atomic mass is 16.6. The molecule has 0 aliphatic carbocycles. The van der Waals surface area contributed by atoms with Crippen molar-refractivity contribution in [2.24, 2.45) is 0 Å². The standard InChI is InChI=1S/C16H16N2O2/c1-11-6-8-12(9-7-11)16-15(18(19)20)10-13-4-2-3-5-14(13)17-16/h2-9,15-17H,10H2,1H3/t15-,16-/m0/s1. The van der Waals surface area contributed by atoms with E-state index in [1.54, 1.807) is 0 Å². The third kappa shape index (κ3) is 2.25. The number of hydrogen-bond acceptors (Lipinski definition) is 3. The van der Waals surface area contributed by atoms with Crippen LogP contribution in [0.15, 0.2) is 48.5 Å². The Labute approximate surface area is 117 Å². The first-order valence-electron chi connectivity index (χ1n) is 6.69. The van der Waals surface area contributed by atoms with Gasteiger partial charge in [-0.15, -0.1) is 0 Å². The zero-order valence-electron chi connectivity index (χ0n) is 11.2. The Hall–Kier alpha value is -2.36. The van der Waals surface area contributed by atoms with Crippen LogP contribution in [0.5, 0.6) is 0 Å². The molecule has 2 aromatic carbocycles. The average Bonchev–Trinajstić information content (AvgIpc) is 2.46. The molecule has 0 saturated carbocycles. The molecule has 3 rings (SSSR count). The molecule has 1 N–H and O–H groups in total. The first kappa shape index (κ1) is 12.7. The van der Waals surface area contributed by atoms with Crippen molar-refractivity contribution >= 4 is 5.69 Å². The van der Waals surface area contributed by atoms with E-state index in [1.165, 1.54) is 0 Å². The molecule has 1 aliphatic heterocycles. The van der Waals surface area contributed by atoms with Crippen LogP contribution < -0.4 is 5.32 Å². The highest BCUT2D eigenvalue weighted by Crippen LogP contribution is 2.34. The molecule has 1 heterocycles. The van der Waals surface area contributed by atoms with Gasteiger partial charge in [-0.25, -0.2) is 0 Å².